The van der Waals surface area contributed by atoms with Gasteiger partial charge in [0.1, 0.15) is 12.1 Å². The Kier molecular flexibility index (Phi) is 3.15. The molecule has 7 heteroatoms. The Morgan fingerprint density at radius 3 is 2.81 bits per heavy atom. The molecule has 0 radical (unpaired) electrons. The van der Waals surface area contributed by atoms with Crippen LogP contribution < -0.4 is 10.9 Å². The van der Waals surface area contributed by atoms with Crippen molar-refractivity contribution in [2.75, 3.05) is 5.43 Å². The highest BCUT2D eigenvalue weighted by atomic mass is 19.1. The van der Waals surface area contributed by atoms with Gasteiger partial charge in [0, 0.05) is 6.20 Å². The van der Waals surface area contributed by atoms with Gasteiger partial charge in [-0.1, -0.05) is 12.1 Å². The minimum atomic E-state index is -0.656. The topological polar surface area (TPSA) is 83.7 Å². The van der Waals surface area contributed by atoms with E-state index in [1.807, 2.05) is 0 Å². The first-order chi connectivity index (χ1) is 10.2. The van der Waals surface area contributed by atoms with E-state index in [-0.39, 0.29) is 11.1 Å². The fraction of sp³-hybridized carbons (Fsp3) is 0. The lowest BCUT2D eigenvalue weighted by Crippen LogP contribution is -2.33. The number of pyridine rings is 1. The standard InChI is InChI=1S/C14H10FN5O/c15-11-6-2-1-4-9(11)14(21)19-20-8-18-13-10(12(20)16)5-3-7-17-13/h1-8,16H,(H,19,21). The summed E-state index contributed by atoms with van der Waals surface area (Å²) in [5.74, 6) is -1.28. The number of nitrogens with zero attached hydrogens (tertiary/aromatic N) is 3. The summed E-state index contributed by atoms with van der Waals surface area (Å²) in [5.41, 5.74) is 2.73. The average Bonchev–Trinajstić information content (AvgIpc) is 2.51. The fourth-order valence-corrected chi connectivity index (χ4v) is 1.88. The predicted octanol–water partition coefficient (Wildman–Crippen LogP) is 1.43. The molecule has 0 aliphatic heterocycles. The third-order valence-electron chi connectivity index (χ3n) is 2.92. The van der Waals surface area contributed by atoms with Crippen LogP contribution in [0.1, 0.15) is 10.4 Å². The number of carbonyl (C=O) groups excluding carboxylic acids is 1. The molecule has 0 saturated heterocycles. The Bertz CT molecular complexity index is 890. The third-order valence-corrected chi connectivity index (χ3v) is 2.92. The normalized spacial score (nSPS) is 10.5. The second-order valence-corrected chi connectivity index (χ2v) is 4.26. The van der Waals surface area contributed by atoms with Gasteiger partial charge < -0.3 is 0 Å². The van der Waals surface area contributed by atoms with Crippen molar-refractivity contribution in [2.24, 2.45) is 0 Å². The summed E-state index contributed by atoms with van der Waals surface area (Å²) in [6.07, 6.45) is 2.83. The summed E-state index contributed by atoms with van der Waals surface area (Å²) < 4.78 is 14.7. The van der Waals surface area contributed by atoms with E-state index in [1.165, 1.54) is 24.5 Å². The summed E-state index contributed by atoms with van der Waals surface area (Å²) in [6, 6.07) is 8.97. The lowest BCUT2D eigenvalue weighted by atomic mass is 10.2. The number of fused-ring (bicyclic) bond motifs is 1. The second-order valence-electron chi connectivity index (χ2n) is 4.26. The molecule has 0 unspecified atom stereocenters. The molecule has 0 spiro atoms. The molecule has 21 heavy (non-hydrogen) atoms. The van der Waals surface area contributed by atoms with Crippen molar-refractivity contribution >= 4 is 16.9 Å². The Hall–Kier alpha value is -3.09. The minimum absolute atomic E-state index is 0.0118. The van der Waals surface area contributed by atoms with E-state index < -0.39 is 11.7 Å². The number of rotatable bonds is 2. The van der Waals surface area contributed by atoms with Gasteiger partial charge in [-0.25, -0.2) is 19.0 Å². The Morgan fingerprint density at radius 1 is 1.19 bits per heavy atom. The molecule has 2 aromatic heterocycles. The van der Waals surface area contributed by atoms with Crippen molar-refractivity contribution in [3.05, 3.63) is 65.8 Å². The van der Waals surface area contributed by atoms with Crippen LogP contribution in [0.15, 0.2) is 48.9 Å². The zero-order valence-corrected chi connectivity index (χ0v) is 10.7. The number of amides is 1. The van der Waals surface area contributed by atoms with Gasteiger partial charge in [-0.15, -0.1) is 0 Å². The number of hydrogen-bond acceptors (Lipinski definition) is 4. The van der Waals surface area contributed by atoms with Gasteiger partial charge in [-0.2, -0.15) is 0 Å². The van der Waals surface area contributed by atoms with Crippen LogP contribution in [0, 0.1) is 11.2 Å². The van der Waals surface area contributed by atoms with Crippen molar-refractivity contribution in [3.63, 3.8) is 0 Å². The maximum absolute atomic E-state index is 13.6. The van der Waals surface area contributed by atoms with Crippen LogP contribution in [0.4, 0.5) is 4.39 Å². The number of benzene rings is 1. The lowest BCUT2D eigenvalue weighted by molar-refractivity contribution is 0.100. The molecule has 2 N–H and O–H groups in total. The van der Waals surface area contributed by atoms with Crippen LogP contribution >= 0.6 is 0 Å². The third kappa shape index (κ3) is 2.36. The Balaban J connectivity index is 1.99. The van der Waals surface area contributed by atoms with Gasteiger partial charge in [0.2, 0.25) is 0 Å². The summed E-state index contributed by atoms with van der Waals surface area (Å²) in [5, 5.41) is 8.50. The van der Waals surface area contributed by atoms with Gasteiger partial charge in [0.25, 0.3) is 5.91 Å². The predicted molar refractivity (Wildman–Crippen MR) is 73.5 cm³/mol. The maximum Gasteiger partial charge on any atom is 0.273 e. The van der Waals surface area contributed by atoms with Crippen LogP contribution in [-0.4, -0.2) is 20.6 Å². The monoisotopic (exact) mass is 283 g/mol. The molecule has 0 saturated carbocycles. The van der Waals surface area contributed by atoms with E-state index in [0.29, 0.717) is 11.0 Å². The van der Waals surface area contributed by atoms with Gasteiger partial charge in [0.05, 0.1) is 10.9 Å². The minimum Gasteiger partial charge on any atom is -0.282 e. The molecule has 104 valence electrons. The van der Waals surface area contributed by atoms with Crippen LogP contribution in [0.25, 0.3) is 11.0 Å². The smallest absolute Gasteiger partial charge is 0.273 e. The number of carbonyl (C=O) groups is 1. The first kappa shape index (κ1) is 12.9. The largest absolute Gasteiger partial charge is 0.282 e. The molecule has 2 heterocycles. The van der Waals surface area contributed by atoms with E-state index in [0.717, 1.165) is 4.68 Å². The van der Waals surface area contributed by atoms with Crippen LogP contribution in [0.2, 0.25) is 0 Å². The van der Waals surface area contributed by atoms with Crippen molar-refractivity contribution < 1.29 is 9.18 Å². The summed E-state index contributed by atoms with van der Waals surface area (Å²) in [7, 11) is 0. The van der Waals surface area contributed by atoms with E-state index in [9.17, 15) is 9.18 Å². The summed E-state index contributed by atoms with van der Waals surface area (Å²) in [6.45, 7) is 0. The molecular formula is C14H10FN5O. The van der Waals surface area contributed by atoms with Gasteiger partial charge in [-0.05, 0) is 24.3 Å². The number of halogens is 1. The number of aromatic nitrogens is 3. The fourth-order valence-electron chi connectivity index (χ4n) is 1.88. The Morgan fingerprint density at radius 2 is 2.00 bits per heavy atom. The number of hydrogen-bond donors (Lipinski definition) is 2. The molecule has 6 nitrogen and oxygen atoms in total. The van der Waals surface area contributed by atoms with E-state index >= 15 is 0 Å². The summed E-state index contributed by atoms with van der Waals surface area (Å²) >= 11 is 0. The molecule has 0 bridgehead atoms. The van der Waals surface area contributed by atoms with Crippen molar-refractivity contribution in [2.45, 2.75) is 0 Å². The molecule has 3 rings (SSSR count). The molecule has 1 aromatic carbocycles. The highest BCUT2D eigenvalue weighted by Crippen LogP contribution is 2.06. The molecule has 0 fully saturated rings. The lowest BCUT2D eigenvalue weighted by Gasteiger charge is -2.10. The van der Waals surface area contributed by atoms with Gasteiger partial charge in [-0.3, -0.25) is 15.6 Å². The second kappa shape index (κ2) is 5.12. The van der Waals surface area contributed by atoms with Crippen LogP contribution in [0.3, 0.4) is 0 Å². The van der Waals surface area contributed by atoms with E-state index in [4.69, 9.17) is 5.41 Å². The summed E-state index contributed by atoms with van der Waals surface area (Å²) in [4.78, 5) is 20.1. The molecule has 0 aliphatic carbocycles. The molecule has 0 aliphatic rings. The van der Waals surface area contributed by atoms with Gasteiger partial charge >= 0.3 is 0 Å². The first-order valence-electron chi connectivity index (χ1n) is 6.09. The van der Waals surface area contributed by atoms with Crippen molar-refractivity contribution in [1.29, 1.82) is 5.41 Å². The molecular weight excluding hydrogens is 273 g/mol. The van der Waals surface area contributed by atoms with Crippen molar-refractivity contribution in [3.8, 4) is 0 Å². The highest BCUT2D eigenvalue weighted by molar-refractivity contribution is 6.00. The zero-order valence-electron chi connectivity index (χ0n) is 10.7. The molecule has 3 aromatic rings. The van der Waals surface area contributed by atoms with E-state index in [1.54, 1.807) is 24.4 Å². The van der Waals surface area contributed by atoms with Gasteiger partial charge in [0.15, 0.2) is 11.1 Å². The quantitative estimate of drug-likeness (QED) is 0.746. The number of nitrogens with one attached hydrogen (secondary N) is 2. The zero-order chi connectivity index (χ0) is 14.8. The average molecular weight is 283 g/mol. The Labute approximate surface area is 118 Å². The van der Waals surface area contributed by atoms with Crippen LogP contribution in [-0.2, 0) is 0 Å². The van der Waals surface area contributed by atoms with Crippen molar-refractivity contribution in [1.82, 2.24) is 14.6 Å². The molecule has 1 amide bonds. The highest BCUT2D eigenvalue weighted by Gasteiger charge is 2.11. The first-order valence-corrected chi connectivity index (χ1v) is 6.09. The maximum atomic E-state index is 13.6. The van der Waals surface area contributed by atoms with E-state index in [2.05, 4.69) is 15.4 Å². The SMILES string of the molecule is N=c1c2cccnc2ncn1NC(=O)c1ccccc1F. The van der Waals surface area contributed by atoms with Crippen LogP contribution in [0.5, 0.6) is 0 Å². The molecule has 0 atom stereocenters.